The summed E-state index contributed by atoms with van der Waals surface area (Å²) in [4.78, 5) is 38.9. The van der Waals surface area contributed by atoms with E-state index >= 15 is 0 Å². The number of allylic oxidation sites excluding steroid dienone is 1. The summed E-state index contributed by atoms with van der Waals surface area (Å²) in [5.74, 6) is -0.725. The van der Waals surface area contributed by atoms with Crippen molar-refractivity contribution < 1.29 is 33.3 Å². The minimum absolute atomic E-state index is 0.116. The number of carbonyl (C=O) groups excluding carboxylic acids is 3. The second-order valence-corrected chi connectivity index (χ2v) is 10.6. The number of carbonyl (C=O) groups is 3. The first-order valence-electron chi connectivity index (χ1n) is 12.4. The molecule has 0 N–H and O–H groups in total. The third kappa shape index (κ3) is 7.49. The maximum atomic E-state index is 13.3. The summed E-state index contributed by atoms with van der Waals surface area (Å²) in [5.41, 5.74) is 1.99. The monoisotopic (exact) mass is 673 g/mol. The van der Waals surface area contributed by atoms with Crippen molar-refractivity contribution in [3.8, 4) is 17.6 Å². The molecule has 3 rings (SSSR count). The summed E-state index contributed by atoms with van der Waals surface area (Å²) in [5, 5.41) is 9.82. The lowest BCUT2D eigenvalue weighted by molar-refractivity contribution is -0.114. The van der Waals surface area contributed by atoms with E-state index in [1.807, 2.05) is 36.4 Å². The third-order valence-corrected chi connectivity index (χ3v) is 7.76. The molecule has 0 bridgehead atoms. The van der Waals surface area contributed by atoms with Crippen LogP contribution in [0.3, 0.4) is 0 Å². The number of esters is 2. The summed E-state index contributed by atoms with van der Waals surface area (Å²) >= 11 is 3.11. The van der Waals surface area contributed by atoms with Gasteiger partial charge in [-0.3, -0.25) is 4.79 Å². The van der Waals surface area contributed by atoms with Gasteiger partial charge in [0.2, 0.25) is 0 Å². The number of nitriles is 1. The number of nitrogens with zero attached hydrogens (tertiary/aromatic N) is 1. The van der Waals surface area contributed by atoms with Gasteiger partial charge in [-0.05, 0) is 78.3 Å². The second kappa shape index (κ2) is 14.6. The summed E-state index contributed by atoms with van der Waals surface area (Å²) in [6.45, 7) is 5.60. The van der Waals surface area contributed by atoms with Crippen LogP contribution in [0.25, 0.3) is 6.08 Å². The van der Waals surface area contributed by atoms with Gasteiger partial charge in [-0.25, -0.2) is 9.59 Å². The Morgan fingerprint density at radius 3 is 2.35 bits per heavy atom. The quantitative estimate of drug-likeness (QED) is 0.0951. The molecule has 2 aromatic carbocycles. The molecule has 8 nitrogen and oxygen atoms in total. The number of methoxy groups -OCH3 is 1. The summed E-state index contributed by atoms with van der Waals surface area (Å²) in [6.07, 6.45) is 1.20. The van der Waals surface area contributed by atoms with Gasteiger partial charge in [0.25, 0.3) is 0 Å². The highest BCUT2D eigenvalue weighted by Crippen LogP contribution is 2.36. The van der Waals surface area contributed by atoms with Gasteiger partial charge in [-0.1, -0.05) is 30.3 Å². The van der Waals surface area contributed by atoms with E-state index in [-0.39, 0.29) is 35.6 Å². The first kappa shape index (κ1) is 30.8. The third-order valence-electron chi connectivity index (χ3n) is 5.69. The molecule has 0 aliphatic heterocycles. The van der Waals surface area contributed by atoms with Crippen molar-refractivity contribution in [2.45, 2.75) is 33.8 Å². The van der Waals surface area contributed by atoms with Gasteiger partial charge in [-0.2, -0.15) is 5.26 Å². The smallest absolute Gasteiger partial charge is 0.348 e. The fraction of sp³-hybridized carbons (Fsp3) is 0.267. The van der Waals surface area contributed by atoms with Gasteiger partial charge in [-0.15, -0.1) is 11.3 Å². The molecular weight excluding hydrogens is 645 g/mol. The number of benzene rings is 2. The molecule has 0 radical (unpaired) electrons. The van der Waals surface area contributed by atoms with Gasteiger partial charge in [0.05, 0.1) is 35.0 Å². The molecule has 0 spiro atoms. The van der Waals surface area contributed by atoms with Crippen LogP contribution in [0.1, 0.15) is 55.4 Å². The van der Waals surface area contributed by atoms with E-state index < -0.39 is 17.7 Å². The fourth-order valence-electron chi connectivity index (χ4n) is 3.84. The largest absolute Gasteiger partial charge is 0.493 e. The molecule has 0 unspecified atom stereocenters. The molecule has 1 aromatic heterocycles. The van der Waals surface area contributed by atoms with Crippen LogP contribution in [-0.4, -0.2) is 38.0 Å². The van der Waals surface area contributed by atoms with Crippen molar-refractivity contribution >= 4 is 57.7 Å². The highest BCUT2D eigenvalue weighted by Gasteiger charge is 2.28. The number of hydrogen-bond donors (Lipinski definition) is 0. The van der Waals surface area contributed by atoms with E-state index in [1.54, 1.807) is 32.9 Å². The Labute approximate surface area is 250 Å². The Bertz CT molecular complexity index is 1470. The molecule has 208 valence electrons. The Balaban J connectivity index is 1.91. The van der Waals surface area contributed by atoms with Gasteiger partial charge >= 0.3 is 11.9 Å². The van der Waals surface area contributed by atoms with Crippen molar-refractivity contribution in [1.82, 2.24) is 0 Å². The number of thiophene rings is 1. The lowest BCUT2D eigenvalue weighted by Crippen LogP contribution is -2.12. The first-order chi connectivity index (χ1) is 19.2. The average Bonchev–Trinajstić information content (AvgIpc) is 3.26. The van der Waals surface area contributed by atoms with E-state index in [4.69, 9.17) is 18.9 Å². The minimum atomic E-state index is -0.637. The van der Waals surface area contributed by atoms with E-state index in [0.717, 1.165) is 20.5 Å². The van der Waals surface area contributed by atoms with Crippen LogP contribution in [0, 0.1) is 21.8 Å². The number of hydrogen-bond acceptors (Lipinski definition) is 9. The zero-order valence-corrected chi connectivity index (χ0v) is 25.5. The molecule has 0 saturated carbocycles. The molecule has 0 aliphatic rings. The van der Waals surface area contributed by atoms with Gasteiger partial charge in [0.1, 0.15) is 17.6 Å². The van der Waals surface area contributed by atoms with Crippen LogP contribution in [0.4, 0.5) is 0 Å². The van der Waals surface area contributed by atoms with Gasteiger partial charge < -0.3 is 18.9 Å². The standard InChI is InChI=1S/C30H28INO7S/c1-5-37-29(34)26-18(3)28(30(35)38-6-2)40-25(26)15-23(33)21(16-32)12-20-13-22(31)27(24(14-20)36-4)39-17-19-10-8-7-9-11-19/h7-14H,5-6,15,17H2,1-4H3/b21-12+. The molecule has 1 heterocycles. The first-order valence-corrected chi connectivity index (χ1v) is 14.3. The molecule has 0 saturated heterocycles. The summed E-state index contributed by atoms with van der Waals surface area (Å²) < 4.78 is 22.5. The van der Waals surface area contributed by atoms with Crippen LogP contribution >= 0.6 is 33.9 Å². The van der Waals surface area contributed by atoms with Crippen LogP contribution in [0.5, 0.6) is 11.5 Å². The molecular formula is C30H28INO7S. The Kier molecular flexibility index (Phi) is 11.3. The lowest BCUT2D eigenvalue weighted by Gasteiger charge is -2.14. The maximum absolute atomic E-state index is 13.3. The average molecular weight is 674 g/mol. The number of ether oxygens (including phenoxy) is 4. The predicted molar refractivity (Wildman–Crippen MR) is 160 cm³/mol. The van der Waals surface area contributed by atoms with Crippen LogP contribution in [0.2, 0.25) is 0 Å². The summed E-state index contributed by atoms with van der Waals surface area (Å²) in [6, 6.07) is 15.1. The highest BCUT2D eigenvalue weighted by atomic mass is 127. The van der Waals surface area contributed by atoms with Crippen molar-refractivity contribution in [1.29, 1.82) is 5.26 Å². The van der Waals surface area contributed by atoms with Crippen molar-refractivity contribution in [2.24, 2.45) is 0 Å². The molecule has 40 heavy (non-hydrogen) atoms. The lowest BCUT2D eigenvalue weighted by atomic mass is 10.0. The van der Waals surface area contributed by atoms with E-state index in [0.29, 0.717) is 34.1 Å². The van der Waals surface area contributed by atoms with Crippen LogP contribution < -0.4 is 9.47 Å². The Morgan fingerprint density at radius 1 is 1.05 bits per heavy atom. The number of halogens is 1. The normalized spacial score (nSPS) is 10.9. The van der Waals surface area contributed by atoms with E-state index in [1.165, 1.54) is 13.2 Å². The Hall–Kier alpha value is -3.69. The van der Waals surface area contributed by atoms with Gasteiger partial charge in [0, 0.05) is 11.3 Å². The number of rotatable bonds is 12. The highest BCUT2D eigenvalue weighted by molar-refractivity contribution is 14.1. The minimum Gasteiger partial charge on any atom is -0.493 e. The van der Waals surface area contributed by atoms with Crippen molar-refractivity contribution in [2.75, 3.05) is 20.3 Å². The Morgan fingerprint density at radius 2 is 1.73 bits per heavy atom. The van der Waals surface area contributed by atoms with Crippen LogP contribution in [0.15, 0.2) is 48.0 Å². The second-order valence-electron chi connectivity index (χ2n) is 8.37. The SMILES string of the molecule is CCOC(=O)c1sc(CC(=O)/C(C#N)=C/c2cc(I)c(OCc3ccccc3)c(OC)c2)c(C(=O)OCC)c1C. The summed E-state index contributed by atoms with van der Waals surface area (Å²) in [7, 11) is 1.52. The predicted octanol–water partition coefficient (Wildman–Crippen LogP) is 6.32. The number of ketones is 1. The van der Waals surface area contributed by atoms with Crippen LogP contribution in [-0.2, 0) is 27.3 Å². The fourth-order valence-corrected chi connectivity index (χ4v) is 5.80. The van der Waals surface area contributed by atoms with Crippen molar-refractivity contribution in [3.63, 3.8) is 0 Å². The van der Waals surface area contributed by atoms with E-state index in [9.17, 15) is 19.6 Å². The maximum Gasteiger partial charge on any atom is 0.348 e. The molecule has 0 fully saturated rings. The van der Waals surface area contributed by atoms with Crippen molar-refractivity contribution in [3.05, 3.63) is 83.6 Å². The zero-order valence-electron chi connectivity index (χ0n) is 22.5. The number of Topliss-reactive ketones (excluding diaryl/α,β-unsaturated/α-hetero) is 1. The van der Waals surface area contributed by atoms with E-state index in [2.05, 4.69) is 22.6 Å². The molecule has 3 aromatic rings. The molecule has 10 heteroatoms. The molecule has 0 aliphatic carbocycles. The topological polar surface area (TPSA) is 112 Å². The van der Waals surface area contributed by atoms with Gasteiger partial charge in [0.15, 0.2) is 17.3 Å². The zero-order chi connectivity index (χ0) is 29.2. The molecule has 0 amide bonds. The molecule has 0 atom stereocenters.